The van der Waals surface area contributed by atoms with Crippen LogP contribution in [0.25, 0.3) is 0 Å². The third kappa shape index (κ3) is 8.94. The van der Waals surface area contributed by atoms with Gasteiger partial charge in [-0.15, -0.1) is 0 Å². The summed E-state index contributed by atoms with van der Waals surface area (Å²) in [5, 5.41) is 0. The van der Waals surface area contributed by atoms with Gasteiger partial charge in [0.25, 0.3) is 0 Å². The van der Waals surface area contributed by atoms with Gasteiger partial charge in [-0.1, -0.05) is 72.0 Å². The topological polar surface area (TPSA) is 57.2 Å². The first-order chi connectivity index (χ1) is 16.8. The molecule has 2 atom stereocenters. The van der Waals surface area contributed by atoms with Crippen molar-refractivity contribution in [3.63, 3.8) is 0 Å². The van der Waals surface area contributed by atoms with E-state index in [0.717, 1.165) is 28.1 Å². The highest BCUT2D eigenvalue weighted by molar-refractivity contribution is 9.10. The average molecular weight is 565 g/mol. The van der Waals surface area contributed by atoms with E-state index in [1.165, 1.54) is 0 Å². The first-order valence-electron chi connectivity index (χ1n) is 12.4. The molecule has 1 aliphatic heterocycles. The lowest BCUT2D eigenvalue weighted by atomic mass is 9.93. The summed E-state index contributed by atoms with van der Waals surface area (Å²) in [4.78, 5) is 15.0. The van der Waals surface area contributed by atoms with Crippen LogP contribution in [0.15, 0.2) is 53.0 Å². The molecule has 6 nitrogen and oxygen atoms in total. The number of amides is 1. The molecular formula is C27H38BrNO5Si. The zero-order valence-corrected chi connectivity index (χ0v) is 23.9. The lowest BCUT2D eigenvalue weighted by Gasteiger charge is -2.39. The standard InChI is InChI=1S/C27H38BrNO5Si/c1-5-32-23-13-14-29(27(30)33-19-21-9-7-6-8-10-21)25(18-23)24-12-11-22(28)17-26(24)34-20-31-15-16-35(2,3)4/h6-12,17,23,25H,5,13-16,18-20H2,1-4H3/t23-,25-/m0/s1. The van der Waals surface area contributed by atoms with Gasteiger partial charge in [0, 0.05) is 37.9 Å². The molecule has 2 aromatic carbocycles. The molecule has 1 heterocycles. The summed E-state index contributed by atoms with van der Waals surface area (Å²) in [6, 6.07) is 16.5. The molecule has 3 rings (SSSR count). The highest BCUT2D eigenvalue weighted by Crippen LogP contribution is 2.39. The smallest absolute Gasteiger partial charge is 0.410 e. The number of nitrogens with zero attached hydrogens (tertiary/aromatic N) is 1. The van der Waals surface area contributed by atoms with Crippen LogP contribution in [-0.4, -0.2) is 51.7 Å². The van der Waals surface area contributed by atoms with E-state index in [1.54, 1.807) is 4.90 Å². The second kappa shape index (κ2) is 13.4. The molecular weight excluding hydrogens is 526 g/mol. The molecule has 0 aromatic heterocycles. The van der Waals surface area contributed by atoms with E-state index in [9.17, 15) is 4.79 Å². The molecule has 0 bridgehead atoms. The van der Waals surface area contributed by atoms with Gasteiger partial charge in [-0.05, 0) is 43.5 Å². The molecule has 0 saturated carbocycles. The molecule has 0 radical (unpaired) electrons. The maximum Gasteiger partial charge on any atom is 0.410 e. The minimum Gasteiger partial charge on any atom is -0.467 e. The SMILES string of the molecule is CCO[C@H]1CCN(C(=O)OCc2ccccc2)[C@H](c2ccc(Br)cc2OCOCC[Si](C)(C)C)C1. The van der Waals surface area contributed by atoms with Crippen LogP contribution in [-0.2, 0) is 20.8 Å². The van der Waals surface area contributed by atoms with Crippen molar-refractivity contribution in [3.8, 4) is 5.75 Å². The Hall–Kier alpha value is -1.87. The minimum absolute atomic E-state index is 0.0765. The second-order valence-electron chi connectivity index (χ2n) is 10.0. The number of rotatable bonds is 11. The first-order valence-corrected chi connectivity index (χ1v) is 16.9. The first kappa shape index (κ1) is 27.7. The number of benzene rings is 2. The molecule has 2 aromatic rings. The molecule has 0 N–H and O–H groups in total. The third-order valence-corrected chi connectivity index (χ3v) is 8.22. The van der Waals surface area contributed by atoms with Gasteiger partial charge in [0.05, 0.1) is 12.1 Å². The van der Waals surface area contributed by atoms with Crippen LogP contribution >= 0.6 is 15.9 Å². The van der Waals surface area contributed by atoms with Gasteiger partial charge in [0.15, 0.2) is 6.79 Å². The lowest BCUT2D eigenvalue weighted by molar-refractivity contribution is -0.0146. The number of carbonyl (C=O) groups excluding carboxylic acids is 1. The average Bonchev–Trinajstić information content (AvgIpc) is 2.82. The highest BCUT2D eigenvalue weighted by Gasteiger charge is 2.35. The van der Waals surface area contributed by atoms with Crippen molar-refractivity contribution in [1.29, 1.82) is 0 Å². The Balaban J connectivity index is 1.74. The Morgan fingerprint density at radius 1 is 1.14 bits per heavy atom. The van der Waals surface area contributed by atoms with Gasteiger partial charge in [0.2, 0.25) is 0 Å². The predicted molar refractivity (Wildman–Crippen MR) is 144 cm³/mol. The monoisotopic (exact) mass is 563 g/mol. The number of hydrogen-bond donors (Lipinski definition) is 0. The number of ether oxygens (including phenoxy) is 4. The van der Waals surface area contributed by atoms with Crippen molar-refractivity contribution in [3.05, 3.63) is 64.1 Å². The van der Waals surface area contributed by atoms with Gasteiger partial charge < -0.3 is 23.8 Å². The molecule has 1 fully saturated rings. The Morgan fingerprint density at radius 3 is 2.63 bits per heavy atom. The van der Waals surface area contributed by atoms with E-state index >= 15 is 0 Å². The summed E-state index contributed by atoms with van der Waals surface area (Å²) in [6.45, 7) is 11.3. The molecule has 1 saturated heterocycles. The van der Waals surface area contributed by atoms with E-state index in [-0.39, 0.29) is 31.6 Å². The predicted octanol–water partition coefficient (Wildman–Crippen LogP) is 7.02. The van der Waals surface area contributed by atoms with Crippen molar-refractivity contribution >= 4 is 30.1 Å². The van der Waals surface area contributed by atoms with Crippen molar-refractivity contribution < 1.29 is 23.7 Å². The van der Waals surface area contributed by atoms with E-state index in [2.05, 4.69) is 35.6 Å². The summed E-state index contributed by atoms with van der Waals surface area (Å²) in [5.74, 6) is 0.704. The fraction of sp³-hybridized carbons (Fsp3) is 0.519. The highest BCUT2D eigenvalue weighted by atomic mass is 79.9. The van der Waals surface area contributed by atoms with Crippen LogP contribution in [0, 0.1) is 0 Å². The van der Waals surface area contributed by atoms with Gasteiger partial charge in [0.1, 0.15) is 12.4 Å². The van der Waals surface area contributed by atoms with Crippen molar-refractivity contribution in [2.24, 2.45) is 0 Å². The Kier molecular flexibility index (Phi) is 10.6. The number of carbonyl (C=O) groups is 1. The van der Waals surface area contributed by atoms with Crippen LogP contribution in [0.4, 0.5) is 4.79 Å². The molecule has 1 aliphatic rings. The molecule has 192 valence electrons. The number of piperidine rings is 1. The largest absolute Gasteiger partial charge is 0.467 e. The van der Waals surface area contributed by atoms with Crippen LogP contribution in [0.1, 0.15) is 36.9 Å². The van der Waals surface area contributed by atoms with E-state index in [0.29, 0.717) is 31.9 Å². The van der Waals surface area contributed by atoms with Crippen LogP contribution in [0.5, 0.6) is 5.75 Å². The number of likely N-dealkylation sites (tertiary alicyclic amines) is 1. The van der Waals surface area contributed by atoms with E-state index in [1.807, 2.05) is 55.5 Å². The van der Waals surface area contributed by atoms with E-state index < -0.39 is 8.07 Å². The maximum atomic E-state index is 13.2. The fourth-order valence-corrected chi connectivity index (χ4v) is 5.18. The maximum absolute atomic E-state index is 13.2. The zero-order valence-electron chi connectivity index (χ0n) is 21.3. The summed E-state index contributed by atoms with van der Waals surface area (Å²) >= 11 is 3.56. The zero-order chi connectivity index (χ0) is 25.3. The van der Waals surface area contributed by atoms with Gasteiger partial charge in [-0.3, -0.25) is 0 Å². The lowest BCUT2D eigenvalue weighted by Crippen LogP contribution is -2.43. The Labute approximate surface area is 219 Å². The molecule has 1 amide bonds. The van der Waals surface area contributed by atoms with Crippen LogP contribution < -0.4 is 4.74 Å². The van der Waals surface area contributed by atoms with Crippen molar-refractivity contribution in [1.82, 2.24) is 4.90 Å². The second-order valence-corrected chi connectivity index (χ2v) is 16.6. The molecule has 35 heavy (non-hydrogen) atoms. The number of hydrogen-bond acceptors (Lipinski definition) is 5. The molecule has 0 spiro atoms. The quantitative estimate of drug-likeness (QED) is 0.167. The normalized spacial score (nSPS) is 18.4. The summed E-state index contributed by atoms with van der Waals surface area (Å²) in [5.41, 5.74) is 1.90. The van der Waals surface area contributed by atoms with Gasteiger partial charge in [-0.2, -0.15) is 0 Å². The fourth-order valence-electron chi connectivity index (χ4n) is 4.09. The summed E-state index contributed by atoms with van der Waals surface area (Å²) in [6.07, 6.45) is 1.21. The molecule has 0 unspecified atom stereocenters. The molecule has 8 heteroatoms. The minimum atomic E-state index is -1.16. The van der Waals surface area contributed by atoms with Crippen LogP contribution in [0.3, 0.4) is 0 Å². The summed E-state index contributed by atoms with van der Waals surface area (Å²) in [7, 11) is -1.16. The van der Waals surface area contributed by atoms with Crippen molar-refractivity contribution in [2.75, 3.05) is 26.6 Å². The Bertz CT molecular complexity index is 937. The number of halogens is 1. The summed E-state index contributed by atoms with van der Waals surface area (Å²) < 4.78 is 24.4. The van der Waals surface area contributed by atoms with Crippen molar-refractivity contribution in [2.45, 2.75) is 64.2 Å². The molecule has 0 aliphatic carbocycles. The van der Waals surface area contributed by atoms with E-state index in [4.69, 9.17) is 18.9 Å². The van der Waals surface area contributed by atoms with Gasteiger partial charge in [-0.25, -0.2) is 4.79 Å². The van der Waals surface area contributed by atoms with Gasteiger partial charge >= 0.3 is 6.09 Å². The Morgan fingerprint density at radius 2 is 1.91 bits per heavy atom. The third-order valence-electron chi connectivity index (χ3n) is 6.03. The van der Waals surface area contributed by atoms with Crippen LogP contribution in [0.2, 0.25) is 25.7 Å².